The topological polar surface area (TPSA) is 35.5 Å². The summed E-state index contributed by atoms with van der Waals surface area (Å²) in [5, 5.41) is 0.732. The predicted molar refractivity (Wildman–Crippen MR) is 86.0 cm³/mol. The maximum atomic E-state index is 12.0. The van der Waals surface area contributed by atoms with Crippen molar-refractivity contribution in [3.05, 3.63) is 57.6 Å². The summed E-state index contributed by atoms with van der Waals surface area (Å²) in [4.78, 5) is 12.0. The molecule has 114 valence electrons. The molecule has 1 aliphatic rings. The van der Waals surface area contributed by atoms with Crippen molar-refractivity contribution in [2.24, 2.45) is 0 Å². The first-order valence-electron chi connectivity index (χ1n) is 7.15. The number of benzene rings is 2. The van der Waals surface area contributed by atoms with Crippen LogP contribution in [0.2, 0.25) is 5.02 Å². The third-order valence-corrected chi connectivity index (χ3v) is 4.74. The van der Waals surface area contributed by atoms with E-state index < -0.39 is 0 Å². The van der Waals surface area contributed by atoms with Gasteiger partial charge in [0.05, 0.1) is 13.5 Å². The van der Waals surface area contributed by atoms with Crippen LogP contribution in [0.15, 0.2) is 30.3 Å². The third-order valence-electron chi connectivity index (χ3n) is 4.15. The summed E-state index contributed by atoms with van der Waals surface area (Å²) >= 11 is 6.39. The minimum Gasteiger partial charge on any atom is -0.497 e. The average molecular weight is 317 g/mol. The molecule has 0 N–H and O–H groups in total. The van der Waals surface area contributed by atoms with Crippen LogP contribution in [0.1, 0.15) is 34.6 Å². The molecule has 22 heavy (non-hydrogen) atoms. The van der Waals surface area contributed by atoms with Gasteiger partial charge in [-0.25, -0.2) is 0 Å². The fourth-order valence-electron chi connectivity index (χ4n) is 3.01. The zero-order valence-corrected chi connectivity index (χ0v) is 13.5. The minimum absolute atomic E-state index is 0.0414. The van der Waals surface area contributed by atoms with Crippen molar-refractivity contribution in [1.29, 1.82) is 0 Å². The van der Waals surface area contributed by atoms with E-state index in [0.29, 0.717) is 12.2 Å². The lowest BCUT2D eigenvalue weighted by molar-refractivity contribution is -0.135. The van der Waals surface area contributed by atoms with E-state index in [0.717, 1.165) is 33.0 Å². The molecule has 0 saturated heterocycles. The summed E-state index contributed by atoms with van der Waals surface area (Å²) in [5.74, 6) is 1.16. The van der Waals surface area contributed by atoms with E-state index in [1.165, 1.54) is 0 Å². The fourth-order valence-corrected chi connectivity index (χ4v) is 3.16. The summed E-state index contributed by atoms with van der Waals surface area (Å²) < 4.78 is 10.6. The smallest absolute Gasteiger partial charge is 0.312 e. The van der Waals surface area contributed by atoms with Crippen molar-refractivity contribution in [3.8, 4) is 11.5 Å². The Labute approximate surface area is 134 Å². The molecular weight excluding hydrogens is 300 g/mol. The molecule has 1 aliphatic heterocycles. The number of fused-ring (bicyclic) bond motifs is 1. The maximum absolute atomic E-state index is 12.0. The highest BCUT2D eigenvalue weighted by Crippen LogP contribution is 2.44. The van der Waals surface area contributed by atoms with E-state index in [1.807, 2.05) is 44.2 Å². The lowest BCUT2D eigenvalue weighted by atomic mass is 9.83. The molecule has 0 unspecified atom stereocenters. The summed E-state index contributed by atoms with van der Waals surface area (Å²) in [6.07, 6.45) is 0.319. The van der Waals surface area contributed by atoms with Crippen LogP contribution in [0.25, 0.3) is 0 Å². The standard InChI is InChI=1S/C18H17ClO3/c1-10-8-15-17(11(2)18(10)19)14(9-16(20)22-15)12-4-6-13(21-3)7-5-12/h4-8,14H,9H2,1-3H3/t14-/m1/s1. The summed E-state index contributed by atoms with van der Waals surface area (Å²) in [6.45, 7) is 3.89. The molecule has 0 amide bonds. The number of carbonyl (C=O) groups is 1. The van der Waals surface area contributed by atoms with Crippen LogP contribution >= 0.6 is 11.6 Å². The normalized spacial score (nSPS) is 16.9. The number of esters is 1. The van der Waals surface area contributed by atoms with Crippen molar-refractivity contribution in [2.45, 2.75) is 26.2 Å². The molecule has 3 rings (SSSR count). The second-order valence-corrected chi connectivity index (χ2v) is 5.93. The molecule has 4 heteroatoms. The highest BCUT2D eigenvalue weighted by molar-refractivity contribution is 6.32. The lowest BCUT2D eigenvalue weighted by Gasteiger charge is -2.28. The molecule has 3 nitrogen and oxygen atoms in total. The van der Waals surface area contributed by atoms with Crippen LogP contribution in [-0.2, 0) is 4.79 Å². The fraction of sp³-hybridized carbons (Fsp3) is 0.278. The third kappa shape index (κ3) is 2.46. The average Bonchev–Trinajstić information content (AvgIpc) is 2.52. The molecule has 1 heterocycles. The molecule has 0 fully saturated rings. The van der Waals surface area contributed by atoms with Crippen molar-refractivity contribution in [1.82, 2.24) is 0 Å². The van der Waals surface area contributed by atoms with Gasteiger partial charge in [0.1, 0.15) is 11.5 Å². The number of aryl methyl sites for hydroxylation is 1. The molecule has 0 bridgehead atoms. The molecule has 0 aliphatic carbocycles. The lowest BCUT2D eigenvalue weighted by Crippen LogP contribution is -2.22. The Morgan fingerprint density at radius 2 is 1.91 bits per heavy atom. The first-order chi connectivity index (χ1) is 10.5. The van der Waals surface area contributed by atoms with Gasteiger partial charge in [-0.15, -0.1) is 0 Å². The highest BCUT2D eigenvalue weighted by atomic mass is 35.5. The Morgan fingerprint density at radius 3 is 2.55 bits per heavy atom. The van der Waals surface area contributed by atoms with Crippen LogP contribution < -0.4 is 9.47 Å². The highest BCUT2D eigenvalue weighted by Gasteiger charge is 2.31. The van der Waals surface area contributed by atoms with Crippen molar-refractivity contribution >= 4 is 17.6 Å². The van der Waals surface area contributed by atoms with Crippen LogP contribution in [0, 0.1) is 13.8 Å². The summed E-state index contributed by atoms with van der Waals surface area (Å²) in [7, 11) is 1.63. The molecule has 0 saturated carbocycles. The molecule has 0 radical (unpaired) electrons. The molecule has 2 aromatic carbocycles. The van der Waals surface area contributed by atoms with Crippen LogP contribution in [0.4, 0.5) is 0 Å². The SMILES string of the molecule is COc1ccc([C@H]2CC(=O)Oc3cc(C)c(Cl)c(C)c32)cc1. The number of methoxy groups -OCH3 is 1. The van der Waals surface area contributed by atoms with E-state index in [2.05, 4.69) is 0 Å². The Bertz CT molecular complexity index is 735. The summed E-state index contributed by atoms with van der Waals surface area (Å²) in [5.41, 5.74) is 3.95. The number of hydrogen-bond acceptors (Lipinski definition) is 3. The quantitative estimate of drug-likeness (QED) is 0.608. The molecular formula is C18H17ClO3. The van der Waals surface area contributed by atoms with Gasteiger partial charge in [-0.1, -0.05) is 23.7 Å². The largest absolute Gasteiger partial charge is 0.497 e. The first-order valence-corrected chi connectivity index (χ1v) is 7.53. The van der Waals surface area contributed by atoms with Gasteiger partial charge in [-0.2, -0.15) is 0 Å². The van der Waals surface area contributed by atoms with E-state index in [1.54, 1.807) is 7.11 Å². The monoisotopic (exact) mass is 316 g/mol. The zero-order valence-electron chi connectivity index (χ0n) is 12.8. The Morgan fingerprint density at radius 1 is 1.23 bits per heavy atom. The second kappa shape index (κ2) is 5.65. The van der Waals surface area contributed by atoms with Crippen LogP contribution in [0.5, 0.6) is 11.5 Å². The maximum Gasteiger partial charge on any atom is 0.312 e. The number of halogens is 1. The van der Waals surface area contributed by atoms with Gasteiger partial charge in [0.2, 0.25) is 0 Å². The van der Waals surface area contributed by atoms with Gasteiger partial charge in [0.15, 0.2) is 0 Å². The Hall–Kier alpha value is -2.00. The van der Waals surface area contributed by atoms with Gasteiger partial charge in [0.25, 0.3) is 0 Å². The number of rotatable bonds is 2. The van der Waals surface area contributed by atoms with E-state index in [4.69, 9.17) is 21.1 Å². The zero-order chi connectivity index (χ0) is 15.9. The van der Waals surface area contributed by atoms with Crippen molar-refractivity contribution < 1.29 is 14.3 Å². The van der Waals surface area contributed by atoms with E-state index in [-0.39, 0.29) is 11.9 Å². The Kier molecular flexibility index (Phi) is 3.83. The van der Waals surface area contributed by atoms with Crippen LogP contribution in [-0.4, -0.2) is 13.1 Å². The molecule has 1 atom stereocenters. The molecule has 0 aromatic heterocycles. The van der Waals surface area contributed by atoms with Gasteiger partial charge < -0.3 is 9.47 Å². The van der Waals surface area contributed by atoms with Crippen molar-refractivity contribution in [3.63, 3.8) is 0 Å². The molecule has 0 spiro atoms. The van der Waals surface area contributed by atoms with Gasteiger partial charge in [0, 0.05) is 16.5 Å². The number of ether oxygens (including phenoxy) is 2. The van der Waals surface area contributed by atoms with Crippen molar-refractivity contribution in [2.75, 3.05) is 7.11 Å². The molecule has 2 aromatic rings. The van der Waals surface area contributed by atoms with Gasteiger partial charge in [-0.05, 0) is 48.7 Å². The minimum atomic E-state index is -0.213. The van der Waals surface area contributed by atoms with Crippen LogP contribution in [0.3, 0.4) is 0 Å². The van der Waals surface area contributed by atoms with E-state index in [9.17, 15) is 4.79 Å². The Balaban J connectivity index is 2.14. The van der Waals surface area contributed by atoms with Gasteiger partial charge >= 0.3 is 5.97 Å². The van der Waals surface area contributed by atoms with E-state index >= 15 is 0 Å². The second-order valence-electron chi connectivity index (χ2n) is 5.55. The summed E-state index contributed by atoms with van der Waals surface area (Å²) in [6, 6.07) is 9.62. The van der Waals surface area contributed by atoms with Gasteiger partial charge in [-0.3, -0.25) is 4.79 Å². The first kappa shape index (κ1) is 14.9. The number of hydrogen-bond donors (Lipinski definition) is 0. The predicted octanol–water partition coefficient (Wildman–Crippen LogP) is 4.41. The number of carbonyl (C=O) groups excluding carboxylic acids is 1.